The Morgan fingerprint density at radius 1 is 1.19 bits per heavy atom. The van der Waals surface area contributed by atoms with Crippen LogP contribution in [0.25, 0.3) is 5.76 Å². The molecule has 3 aliphatic rings. The quantitative estimate of drug-likeness (QED) is 0.293. The predicted molar refractivity (Wildman–Crippen MR) is 136 cm³/mol. The molecule has 10 heteroatoms. The molecular formula is C27H31N3O7. The highest BCUT2D eigenvalue weighted by atomic mass is 16.3. The van der Waals surface area contributed by atoms with Crippen molar-refractivity contribution < 1.29 is 34.8 Å². The number of fused-ring (bicyclic) bond motifs is 3. The molecule has 1 aromatic carbocycles. The van der Waals surface area contributed by atoms with Crippen molar-refractivity contribution in [1.82, 2.24) is 4.90 Å². The number of nitrogens with zero attached hydrogens (tertiary/aromatic N) is 2. The van der Waals surface area contributed by atoms with Gasteiger partial charge in [0.15, 0.2) is 11.4 Å². The van der Waals surface area contributed by atoms with Crippen molar-refractivity contribution in [3.8, 4) is 17.6 Å². The van der Waals surface area contributed by atoms with E-state index in [1.165, 1.54) is 4.90 Å². The van der Waals surface area contributed by atoms with E-state index in [1.807, 2.05) is 11.8 Å². The molecule has 1 fully saturated rings. The van der Waals surface area contributed by atoms with Gasteiger partial charge in [-0.05, 0) is 44.5 Å². The standard InChI is InChI=1S/C27H31N3O7/c1-6-7-8-12-11-16(29(2)3)14-9-13-10-15-20(30(4)5)23(33)19(26(28)36)25(35)27(15,37)24(34)17(13)22(32)18(14)21(12)31/h11,13,15,20,31-32,35,37H,6,9-10H2,1-5H3,(H2,28,36)/t13-,15-,20-,27-/m0/s1. The molecule has 0 aliphatic heterocycles. The summed E-state index contributed by atoms with van der Waals surface area (Å²) in [7, 11) is 6.74. The van der Waals surface area contributed by atoms with Crippen molar-refractivity contribution in [1.29, 1.82) is 0 Å². The van der Waals surface area contributed by atoms with Crippen molar-refractivity contribution >= 4 is 28.9 Å². The number of nitrogens with two attached hydrogens (primary N) is 1. The Morgan fingerprint density at radius 2 is 1.84 bits per heavy atom. The Hall–Kier alpha value is -3.81. The van der Waals surface area contributed by atoms with E-state index in [4.69, 9.17) is 5.73 Å². The van der Waals surface area contributed by atoms with Crippen molar-refractivity contribution in [3.05, 3.63) is 39.7 Å². The summed E-state index contributed by atoms with van der Waals surface area (Å²) in [6.07, 6.45) is 0.795. The Kier molecular flexibility index (Phi) is 6.34. The summed E-state index contributed by atoms with van der Waals surface area (Å²) in [6.45, 7) is 1.85. The van der Waals surface area contributed by atoms with Crippen molar-refractivity contribution in [2.75, 3.05) is 33.1 Å². The minimum atomic E-state index is -2.66. The second-order valence-corrected chi connectivity index (χ2v) is 10.2. The Morgan fingerprint density at radius 3 is 2.38 bits per heavy atom. The van der Waals surface area contributed by atoms with Crippen LogP contribution in [0.3, 0.4) is 0 Å². The van der Waals surface area contributed by atoms with Crippen LogP contribution in [0.5, 0.6) is 5.75 Å². The Labute approximate surface area is 214 Å². The van der Waals surface area contributed by atoms with Gasteiger partial charge in [0.2, 0.25) is 5.78 Å². The first-order valence-corrected chi connectivity index (χ1v) is 12.0. The van der Waals surface area contributed by atoms with E-state index < -0.39 is 58.0 Å². The molecule has 0 unspecified atom stereocenters. The van der Waals surface area contributed by atoms with Gasteiger partial charge < -0.3 is 31.1 Å². The number of Topliss-reactive ketones (excluding diaryl/α,β-unsaturated/α-hetero) is 2. The van der Waals surface area contributed by atoms with Crippen molar-refractivity contribution in [2.24, 2.45) is 17.6 Å². The number of carbonyl (C=O) groups excluding carboxylic acids is 3. The summed E-state index contributed by atoms with van der Waals surface area (Å²) in [6, 6.07) is 0.599. The number of phenolic OH excluding ortho intramolecular Hbond substituents is 1. The molecule has 0 bridgehead atoms. The van der Waals surface area contributed by atoms with E-state index in [0.29, 0.717) is 17.7 Å². The number of likely N-dealkylation sites (N-methyl/N-ethyl adjacent to an activating group) is 1. The third-order valence-electron chi connectivity index (χ3n) is 7.58. The number of phenols is 1. The molecular weight excluding hydrogens is 478 g/mol. The van der Waals surface area contributed by atoms with Crippen LogP contribution in [0, 0.1) is 23.7 Å². The Bertz CT molecular complexity index is 1360. The van der Waals surface area contributed by atoms with Crippen LogP contribution < -0.4 is 10.6 Å². The number of aliphatic hydroxyl groups excluding tert-OH is 2. The second kappa shape index (κ2) is 8.94. The maximum absolute atomic E-state index is 13.9. The average molecular weight is 510 g/mol. The topological polar surface area (TPSA) is 165 Å². The summed E-state index contributed by atoms with van der Waals surface area (Å²) in [5.41, 5.74) is 3.24. The largest absolute Gasteiger partial charge is 0.508 e. The van der Waals surface area contributed by atoms with Gasteiger partial charge >= 0.3 is 0 Å². The third kappa shape index (κ3) is 3.61. The summed E-state index contributed by atoms with van der Waals surface area (Å²) >= 11 is 0. The third-order valence-corrected chi connectivity index (χ3v) is 7.58. The predicted octanol–water partition coefficient (Wildman–Crippen LogP) is 0.792. The highest BCUT2D eigenvalue weighted by Gasteiger charge is 2.64. The summed E-state index contributed by atoms with van der Waals surface area (Å²) in [5.74, 6) is -1.000. The van der Waals surface area contributed by atoms with Gasteiger partial charge in [0, 0.05) is 37.7 Å². The number of carbonyl (C=O) groups is 3. The first-order chi connectivity index (χ1) is 17.3. The molecule has 1 amide bonds. The number of primary amides is 1. The average Bonchev–Trinajstić information content (AvgIpc) is 2.80. The molecule has 0 aromatic heterocycles. The van der Waals surface area contributed by atoms with E-state index in [0.717, 1.165) is 0 Å². The molecule has 3 aliphatic carbocycles. The van der Waals surface area contributed by atoms with E-state index in [9.17, 15) is 34.8 Å². The second-order valence-electron chi connectivity index (χ2n) is 10.2. The van der Waals surface area contributed by atoms with Crippen LogP contribution >= 0.6 is 0 Å². The highest BCUT2D eigenvalue weighted by molar-refractivity contribution is 6.24. The van der Waals surface area contributed by atoms with E-state index in [-0.39, 0.29) is 35.3 Å². The molecule has 10 nitrogen and oxygen atoms in total. The smallest absolute Gasteiger partial charge is 0.255 e. The van der Waals surface area contributed by atoms with E-state index >= 15 is 0 Å². The molecule has 37 heavy (non-hydrogen) atoms. The van der Waals surface area contributed by atoms with Gasteiger partial charge in [-0.1, -0.05) is 18.8 Å². The summed E-state index contributed by atoms with van der Waals surface area (Å²) < 4.78 is 0. The van der Waals surface area contributed by atoms with Crippen LogP contribution in [0.15, 0.2) is 23.0 Å². The SMILES string of the molecule is CCC#Cc1cc(N(C)C)c2c(c1O)C(O)=C1C(=O)[C@]3(O)C(O)=C(C(N)=O)C(=O)[C@@H](N(C)C)[C@@H]3C[C@@H]1C2. The van der Waals surface area contributed by atoms with Gasteiger partial charge in [0.05, 0.1) is 17.2 Å². The maximum Gasteiger partial charge on any atom is 0.255 e. The fourth-order valence-corrected chi connectivity index (χ4v) is 5.97. The number of hydrogen-bond acceptors (Lipinski definition) is 9. The van der Waals surface area contributed by atoms with Crippen LogP contribution in [-0.2, 0) is 20.8 Å². The normalized spacial score (nSPS) is 26.8. The molecule has 1 saturated carbocycles. The first-order valence-electron chi connectivity index (χ1n) is 12.0. The maximum atomic E-state index is 13.9. The van der Waals surface area contributed by atoms with E-state index in [2.05, 4.69) is 11.8 Å². The lowest BCUT2D eigenvalue weighted by Crippen LogP contribution is -2.65. The monoisotopic (exact) mass is 509 g/mol. The van der Waals surface area contributed by atoms with Gasteiger partial charge in [-0.25, -0.2) is 0 Å². The number of hydrogen-bond donors (Lipinski definition) is 5. The molecule has 0 heterocycles. The minimum Gasteiger partial charge on any atom is -0.508 e. The lowest BCUT2D eigenvalue weighted by Gasteiger charge is -2.50. The number of ketones is 2. The van der Waals surface area contributed by atoms with Crippen molar-refractivity contribution in [2.45, 2.75) is 37.8 Å². The van der Waals surface area contributed by atoms with Crippen LogP contribution in [0.1, 0.15) is 36.5 Å². The van der Waals surface area contributed by atoms with Crippen molar-refractivity contribution in [3.63, 3.8) is 0 Å². The molecule has 1 aromatic rings. The number of anilines is 1. The molecule has 4 rings (SSSR count). The van der Waals surface area contributed by atoms with Gasteiger partial charge in [-0.15, -0.1) is 0 Å². The number of benzene rings is 1. The summed E-state index contributed by atoms with van der Waals surface area (Å²) in [4.78, 5) is 42.4. The molecule has 4 atom stereocenters. The van der Waals surface area contributed by atoms with Crippen LogP contribution in [0.2, 0.25) is 0 Å². The zero-order valence-electron chi connectivity index (χ0n) is 21.4. The Balaban J connectivity index is 2.01. The van der Waals surface area contributed by atoms with Gasteiger partial charge in [0.25, 0.3) is 5.91 Å². The number of amides is 1. The lowest BCUT2D eigenvalue weighted by molar-refractivity contribution is -0.153. The zero-order chi connectivity index (χ0) is 27.6. The number of aromatic hydroxyl groups is 1. The number of aliphatic hydroxyl groups is 3. The zero-order valence-corrected chi connectivity index (χ0v) is 21.4. The summed E-state index contributed by atoms with van der Waals surface area (Å²) in [5, 5.41) is 45.1. The number of rotatable bonds is 3. The van der Waals surface area contributed by atoms with Gasteiger partial charge in [-0.2, -0.15) is 0 Å². The molecule has 0 saturated heterocycles. The van der Waals surface area contributed by atoms with E-state index in [1.54, 1.807) is 34.3 Å². The molecule has 196 valence electrons. The molecule has 6 N–H and O–H groups in total. The first kappa shape index (κ1) is 26.3. The van der Waals surface area contributed by atoms with Crippen LogP contribution in [-0.4, -0.2) is 82.6 Å². The highest BCUT2D eigenvalue weighted by Crippen LogP contribution is 2.54. The lowest BCUT2D eigenvalue weighted by atomic mass is 9.57. The fourth-order valence-electron chi connectivity index (χ4n) is 5.97. The fraction of sp³-hybridized carbons (Fsp3) is 0.444. The van der Waals surface area contributed by atoms with Crippen LogP contribution in [0.4, 0.5) is 5.69 Å². The molecule has 0 radical (unpaired) electrons. The van der Waals surface area contributed by atoms with Gasteiger partial charge in [0.1, 0.15) is 22.8 Å². The van der Waals surface area contributed by atoms with Gasteiger partial charge in [-0.3, -0.25) is 19.3 Å². The molecule has 0 spiro atoms. The minimum absolute atomic E-state index is 0.0305.